The predicted octanol–water partition coefficient (Wildman–Crippen LogP) is 0.0548. The number of hydrogen-bond donors (Lipinski definition) is 3. The van der Waals surface area contributed by atoms with Gasteiger partial charge in [0.2, 0.25) is 0 Å². The SMILES string of the molecule is C#CC[C@H](NC(=O)OC(C)(C)C)C(=O)Nc1nn[nH]n1. The van der Waals surface area contributed by atoms with Crippen LogP contribution in [0.15, 0.2) is 0 Å². The van der Waals surface area contributed by atoms with Gasteiger partial charge in [-0.2, -0.15) is 5.21 Å². The Labute approximate surface area is 115 Å². The van der Waals surface area contributed by atoms with Crippen molar-refractivity contribution in [1.29, 1.82) is 0 Å². The number of rotatable bonds is 4. The fourth-order valence-corrected chi connectivity index (χ4v) is 1.19. The van der Waals surface area contributed by atoms with Crippen molar-refractivity contribution in [1.82, 2.24) is 25.9 Å². The molecule has 108 valence electrons. The number of nitrogens with one attached hydrogen (secondary N) is 3. The topological polar surface area (TPSA) is 122 Å². The summed E-state index contributed by atoms with van der Waals surface area (Å²) in [5, 5.41) is 17.3. The molecule has 0 aliphatic rings. The van der Waals surface area contributed by atoms with Crippen molar-refractivity contribution in [3.63, 3.8) is 0 Å². The van der Waals surface area contributed by atoms with Gasteiger partial charge in [0.25, 0.3) is 11.9 Å². The van der Waals surface area contributed by atoms with Crippen molar-refractivity contribution in [2.45, 2.75) is 38.8 Å². The number of anilines is 1. The Morgan fingerprint density at radius 1 is 1.50 bits per heavy atom. The molecule has 1 rings (SSSR count). The van der Waals surface area contributed by atoms with E-state index in [4.69, 9.17) is 11.2 Å². The van der Waals surface area contributed by atoms with Crippen LogP contribution in [0.25, 0.3) is 0 Å². The monoisotopic (exact) mass is 280 g/mol. The first-order chi connectivity index (χ1) is 9.31. The van der Waals surface area contributed by atoms with Crippen LogP contribution in [0.2, 0.25) is 0 Å². The zero-order chi connectivity index (χ0) is 15.2. The lowest BCUT2D eigenvalue weighted by atomic mass is 10.2. The highest BCUT2D eigenvalue weighted by Crippen LogP contribution is 2.07. The summed E-state index contributed by atoms with van der Waals surface area (Å²) in [7, 11) is 0. The quantitative estimate of drug-likeness (QED) is 0.670. The normalized spacial score (nSPS) is 12.1. The van der Waals surface area contributed by atoms with E-state index in [0.29, 0.717) is 0 Å². The lowest BCUT2D eigenvalue weighted by Gasteiger charge is -2.22. The van der Waals surface area contributed by atoms with Gasteiger partial charge in [-0.25, -0.2) is 4.79 Å². The minimum absolute atomic E-state index is 0.00290. The number of terminal acetylenes is 1. The van der Waals surface area contributed by atoms with Crippen LogP contribution in [0, 0.1) is 12.3 Å². The van der Waals surface area contributed by atoms with Gasteiger partial charge in [0, 0.05) is 6.42 Å². The van der Waals surface area contributed by atoms with Crippen LogP contribution in [-0.4, -0.2) is 44.3 Å². The maximum Gasteiger partial charge on any atom is 0.408 e. The second kappa shape index (κ2) is 6.51. The largest absolute Gasteiger partial charge is 0.444 e. The van der Waals surface area contributed by atoms with E-state index in [-0.39, 0.29) is 12.4 Å². The molecule has 9 nitrogen and oxygen atoms in total. The van der Waals surface area contributed by atoms with E-state index in [0.717, 1.165) is 0 Å². The molecule has 0 saturated carbocycles. The Hall–Kier alpha value is -2.63. The van der Waals surface area contributed by atoms with Crippen LogP contribution in [-0.2, 0) is 9.53 Å². The zero-order valence-electron chi connectivity index (χ0n) is 11.4. The Morgan fingerprint density at radius 2 is 2.20 bits per heavy atom. The molecular weight excluding hydrogens is 264 g/mol. The number of hydrogen-bond acceptors (Lipinski definition) is 6. The fraction of sp³-hybridized carbons (Fsp3) is 0.545. The molecule has 0 aliphatic heterocycles. The highest BCUT2D eigenvalue weighted by atomic mass is 16.6. The third-order valence-electron chi connectivity index (χ3n) is 1.91. The van der Waals surface area contributed by atoms with E-state index in [1.165, 1.54) is 0 Å². The molecule has 0 spiro atoms. The van der Waals surface area contributed by atoms with Crippen LogP contribution < -0.4 is 10.6 Å². The Morgan fingerprint density at radius 3 is 2.70 bits per heavy atom. The van der Waals surface area contributed by atoms with Crippen LogP contribution >= 0.6 is 0 Å². The molecule has 0 saturated heterocycles. The van der Waals surface area contributed by atoms with Crippen LogP contribution in [0.1, 0.15) is 27.2 Å². The van der Waals surface area contributed by atoms with Crippen LogP contribution in [0.3, 0.4) is 0 Å². The van der Waals surface area contributed by atoms with Gasteiger partial charge in [-0.1, -0.05) is 5.10 Å². The van der Waals surface area contributed by atoms with Gasteiger partial charge in [-0.3, -0.25) is 10.1 Å². The lowest BCUT2D eigenvalue weighted by Crippen LogP contribution is -2.45. The van der Waals surface area contributed by atoms with Crippen LogP contribution in [0.5, 0.6) is 0 Å². The van der Waals surface area contributed by atoms with E-state index in [9.17, 15) is 9.59 Å². The number of carbonyl (C=O) groups excluding carboxylic acids is 2. The van der Waals surface area contributed by atoms with E-state index >= 15 is 0 Å². The van der Waals surface area contributed by atoms with Crippen molar-refractivity contribution >= 4 is 17.9 Å². The van der Waals surface area contributed by atoms with Gasteiger partial charge in [0.05, 0.1) is 0 Å². The molecule has 1 heterocycles. The lowest BCUT2D eigenvalue weighted by molar-refractivity contribution is -0.118. The van der Waals surface area contributed by atoms with Gasteiger partial charge >= 0.3 is 6.09 Å². The summed E-state index contributed by atoms with van der Waals surface area (Å²) >= 11 is 0. The Bertz CT molecular complexity index is 499. The zero-order valence-corrected chi connectivity index (χ0v) is 11.4. The number of carbonyl (C=O) groups is 2. The number of amides is 2. The van der Waals surface area contributed by atoms with E-state index in [1.54, 1.807) is 20.8 Å². The number of aromatic amines is 1. The average molecular weight is 280 g/mol. The number of nitrogens with zero attached hydrogens (tertiary/aromatic N) is 3. The molecule has 3 N–H and O–H groups in total. The number of ether oxygens (including phenoxy) is 1. The molecule has 1 aromatic rings. The minimum atomic E-state index is -0.951. The smallest absolute Gasteiger partial charge is 0.408 e. The standard InChI is InChI=1S/C11H16N6O3/c1-5-6-7(12-10(19)20-11(2,3)4)8(18)13-9-14-16-17-15-9/h1,7H,6H2,2-4H3,(H,12,19)(H2,13,14,15,16,17,18)/t7-/m0/s1. The van der Waals surface area contributed by atoms with Crippen molar-refractivity contribution in [3.05, 3.63) is 0 Å². The van der Waals surface area contributed by atoms with Crippen molar-refractivity contribution in [2.75, 3.05) is 5.32 Å². The molecule has 0 aliphatic carbocycles. The first-order valence-corrected chi connectivity index (χ1v) is 5.79. The third-order valence-corrected chi connectivity index (χ3v) is 1.91. The highest BCUT2D eigenvalue weighted by molar-refractivity contribution is 5.95. The molecule has 9 heteroatoms. The Kier molecular flexibility index (Phi) is 5.02. The second-order valence-corrected chi connectivity index (χ2v) is 4.83. The summed E-state index contributed by atoms with van der Waals surface area (Å²) in [6.45, 7) is 5.13. The maximum atomic E-state index is 11.9. The molecule has 0 unspecified atom stereocenters. The van der Waals surface area contributed by atoms with Crippen LogP contribution in [0.4, 0.5) is 10.7 Å². The first-order valence-electron chi connectivity index (χ1n) is 5.79. The minimum Gasteiger partial charge on any atom is -0.444 e. The molecule has 0 bridgehead atoms. The fourth-order valence-electron chi connectivity index (χ4n) is 1.19. The number of alkyl carbamates (subject to hydrolysis) is 1. The van der Waals surface area contributed by atoms with E-state index < -0.39 is 23.6 Å². The van der Waals surface area contributed by atoms with E-state index in [1.807, 2.05) is 0 Å². The van der Waals surface area contributed by atoms with Gasteiger partial charge < -0.3 is 10.1 Å². The molecule has 2 amide bonds. The summed E-state index contributed by atoms with van der Waals surface area (Å²) in [6, 6.07) is -0.951. The average Bonchev–Trinajstić information content (AvgIpc) is 2.78. The van der Waals surface area contributed by atoms with Crippen molar-refractivity contribution in [2.24, 2.45) is 0 Å². The number of tetrazole rings is 1. The van der Waals surface area contributed by atoms with Gasteiger partial charge in [0.1, 0.15) is 11.6 Å². The third kappa shape index (κ3) is 5.34. The Balaban J connectivity index is 2.62. The molecule has 1 atom stereocenters. The summed E-state index contributed by atoms with van der Waals surface area (Å²) < 4.78 is 5.05. The number of aromatic nitrogens is 4. The molecule has 0 fully saturated rings. The molecular formula is C11H16N6O3. The molecule has 1 aromatic heterocycles. The number of H-pyrrole nitrogens is 1. The van der Waals surface area contributed by atoms with Crippen molar-refractivity contribution < 1.29 is 14.3 Å². The van der Waals surface area contributed by atoms with Gasteiger partial charge in [-0.05, 0) is 26.0 Å². The summed E-state index contributed by atoms with van der Waals surface area (Å²) in [6.07, 6.45) is 4.44. The summed E-state index contributed by atoms with van der Waals surface area (Å²) in [5.74, 6) is 1.73. The summed E-state index contributed by atoms with van der Waals surface area (Å²) in [5.41, 5.74) is -0.672. The molecule has 0 aromatic carbocycles. The van der Waals surface area contributed by atoms with Gasteiger partial charge in [0.15, 0.2) is 0 Å². The second-order valence-electron chi connectivity index (χ2n) is 4.83. The molecule has 0 radical (unpaired) electrons. The molecule has 20 heavy (non-hydrogen) atoms. The first kappa shape index (κ1) is 15.4. The highest BCUT2D eigenvalue weighted by Gasteiger charge is 2.24. The van der Waals surface area contributed by atoms with E-state index in [2.05, 4.69) is 37.2 Å². The predicted molar refractivity (Wildman–Crippen MR) is 69.4 cm³/mol. The summed E-state index contributed by atoms with van der Waals surface area (Å²) in [4.78, 5) is 23.5. The van der Waals surface area contributed by atoms with Gasteiger partial charge in [-0.15, -0.1) is 17.4 Å². The maximum absolute atomic E-state index is 11.9. The van der Waals surface area contributed by atoms with Crippen molar-refractivity contribution in [3.8, 4) is 12.3 Å².